The van der Waals surface area contributed by atoms with Crippen LogP contribution in [-0.4, -0.2) is 48.4 Å². The summed E-state index contributed by atoms with van der Waals surface area (Å²) in [5, 5.41) is 0. The van der Waals surface area contributed by atoms with Crippen LogP contribution >= 0.6 is 0 Å². The van der Waals surface area contributed by atoms with Crippen molar-refractivity contribution < 1.29 is 9.21 Å². The number of hydrogen-bond acceptors (Lipinski definition) is 4. The summed E-state index contributed by atoms with van der Waals surface area (Å²) in [7, 11) is 0. The van der Waals surface area contributed by atoms with Crippen LogP contribution < -0.4 is 5.43 Å². The normalized spacial score (nSPS) is 15.7. The average molecular weight is 354 g/mol. The lowest BCUT2D eigenvalue weighted by molar-refractivity contribution is 0.0725. The van der Waals surface area contributed by atoms with Gasteiger partial charge in [-0.15, -0.1) is 0 Å². The Bertz CT molecular complexity index is 785. The van der Waals surface area contributed by atoms with Crippen molar-refractivity contribution in [1.82, 2.24) is 9.80 Å². The third-order valence-electron chi connectivity index (χ3n) is 4.76. The minimum absolute atomic E-state index is 0.146. The van der Waals surface area contributed by atoms with E-state index >= 15 is 0 Å². The van der Waals surface area contributed by atoms with Crippen LogP contribution in [0.5, 0.6) is 0 Å². The Kier molecular flexibility index (Phi) is 6.23. The zero-order chi connectivity index (χ0) is 18.4. The van der Waals surface area contributed by atoms with E-state index in [9.17, 15) is 9.59 Å². The van der Waals surface area contributed by atoms with E-state index in [0.717, 1.165) is 38.9 Å². The van der Waals surface area contributed by atoms with Gasteiger partial charge in [0.25, 0.3) is 5.91 Å². The van der Waals surface area contributed by atoms with Crippen LogP contribution in [0.3, 0.4) is 0 Å². The van der Waals surface area contributed by atoms with Gasteiger partial charge in [0, 0.05) is 31.8 Å². The number of aryl methyl sites for hydroxylation is 2. The summed E-state index contributed by atoms with van der Waals surface area (Å²) in [6, 6.07) is 13.2. The van der Waals surface area contributed by atoms with Crippen molar-refractivity contribution in [2.75, 3.05) is 32.7 Å². The molecular weight excluding hydrogens is 328 g/mol. The van der Waals surface area contributed by atoms with Crippen LogP contribution in [0, 0.1) is 6.92 Å². The molecule has 0 bridgehead atoms. The molecule has 1 fully saturated rings. The van der Waals surface area contributed by atoms with E-state index in [1.54, 1.807) is 11.8 Å². The van der Waals surface area contributed by atoms with Crippen LogP contribution in [-0.2, 0) is 6.42 Å². The first-order valence-corrected chi connectivity index (χ1v) is 9.29. The summed E-state index contributed by atoms with van der Waals surface area (Å²) in [4.78, 5) is 28.5. The first-order valence-electron chi connectivity index (χ1n) is 9.29. The Labute approximate surface area is 154 Å². The van der Waals surface area contributed by atoms with Crippen molar-refractivity contribution in [3.63, 3.8) is 0 Å². The van der Waals surface area contributed by atoms with Gasteiger partial charge in [-0.3, -0.25) is 9.59 Å². The van der Waals surface area contributed by atoms with Crippen molar-refractivity contribution in [3.8, 4) is 0 Å². The van der Waals surface area contributed by atoms with Gasteiger partial charge in [-0.25, -0.2) is 0 Å². The largest absolute Gasteiger partial charge is 0.456 e. The van der Waals surface area contributed by atoms with Crippen LogP contribution in [0.1, 0.15) is 34.7 Å². The Morgan fingerprint density at radius 2 is 1.88 bits per heavy atom. The molecule has 0 unspecified atom stereocenters. The molecule has 0 aliphatic carbocycles. The van der Waals surface area contributed by atoms with E-state index < -0.39 is 0 Å². The van der Waals surface area contributed by atoms with Gasteiger partial charge in [0.05, 0.1) is 0 Å². The fourth-order valence-electron chi connectivity index (χ4n) is 3.41. The van der Waals surface area contributed by atoms with Crippen molar-refractivity contribution in [3.05, 3.63) is 69.8 Å². The molecule has 2 aromatic rings. The molecule has 0 atom stereocenters. The third-order valence-corrected chi connectivity index (χ3v) is 4.76. The maximum atomic E-state index is 12.6. The van der Waals surface area contributed by atoms with E-state index in [4.69, 9.17) is 4.42 Å². The second kappa shape index (κ2) is 8.81. The molecule has 26 heavy (non-hydrogen) atoms. The lowest BCUT2D eigenvalue weighted by Gasteiger charge is -2.21. The lowest BCUT2D eigenvalue weighted by atomic mass is 10.1. The molecule has 1 aromatic heterocycles. The van der Waals surface area contributed by atoms with Crippen molar-refractivity contribution in [1.29, 1.82) is 0 Å². The Balaban J connectivity index is 1.51. The van der Waals surface area contributed by atoms with Crippen molar-refractivity contribution in [2.24, 2.45) is 0 Å². The summed E-state index contributed by atoms with van der Waals surface area (Å²) in [6.07, 6.45) is 3.13. The number of hydrogen-bond donors (Lipinski definition) is 0. The van der Waals surface area contributed by atoms with Crippen LogP contribution in [0.25, 0.3) is 0 Å². The third kappa shape index (κ3) is 5.05. The summed E-state index contributed by atoms with van der Waals surface area (Å²) in [5.41, 5.74) is 1.18. The van der Waals surface area contributed by atoms with Crippen molar-refractivity contribution >= 4 is 5.91 Å². The number of carbonyl (C=O) groups is 1. The smallest absolute Gasteiger partial charge is 0.289 e. The van der Waals surface area contributed by atoms with Crippen LogP contribution in [0.2, 0.25) is 0 Å². The standard InChI is InChI=1S/C21H26N2O3/c1-17-15-19(24)16-20(26-17)21(25)23-12-6-11-22(13-14-23)10-5-9-18-7-3-2-4-8-18/h2-4,7-8,15-16H,5-6,9-14H2,1H3. The molecule has 3 rings (SSSR count). The predicted molar refractivity (Wildman–Crippen MR) is 101 cm³/mol. The molecule has 1 aliphatic heterocycles. The monoisotopic (exact) mass is 354 g/mol. The second-order valence-corrected chi connectivity index (χ2v) is 6.84. The van der Waals surface area contributed by atoms with E-state index in [1.807, 2.05) is 6.07 Å². The second-order valence-electron chi connectivity index (χ2n) is 6.84. The van der Waals surface area contributed by atoms with Gasteiger partial charge in [-0.05, 0) is 44.8 Å². The molecule has 5 nitrogen and oxygen atoms in total. The molecule has 5 heteroatoms. The van der Waals surface area contributed by atoms with Crippen LogP contribution in [0.15, 0.2) is 51.7 Å². The highest BCUT2D eigenvalue weighted by molar-refractivity contribution is 5.91. The molecule has 1 saturated heterocycles. The molecule has 0 spiro atoms. The summed E-state index contributed by atoms with van der Waals surface area (Å²) in [5.74, 6) is 0.433. The maximum absolute atomic E-state index is 12.6. The van der Waals surface area contributed by atoms with Gasteiger partial charge < -0.3 is 14.2 Å². The highest BCUT2D eigenvalue weighted by Crippen LogP contribution is 2.11. The summed E-state index contributed by atoms with van der Waals surface area (Å²) >= 11 is 0. The topological polar surface area (TPSA) is 53.8 Å². The minimum atomic E-state index is -0.186. The average Bonchev–Trinajstić information content (AvgIpc) is 2.87. The van der Waals surface area contributed by atoms with Gasteiger partial charge in [0.2, 0.25) is 0 Å². The Morgan fingerprint density at radius 3 is 2.65 bits per heavy atom. The van der Waals surface area contributed by atoms with E-state index in [1.165, 1.54) is 17.7 Å². The first kappa shape index (κ1) is 18.4. The van der Waals surface area contributed by atoms with Gasteiger partial charge in [0.1, 0.15) is 5.76 Å². The minimum Gasteiger partial charge on any atom is -0.456 e. The number of carbonyl (C=O) groups excluding carboxylic acids is 1. The number of benzene rings is 1. The fraction of sp³-hybridized carbons (Fsp3) is 0.429. The Morgan fingerprint density at radius 1 is 1.08 bits per heavy atom. The molecular formula is C21H26N2O3. The summed E-state index contributed by atoms with van der Waals surface area (Å²) in [6.45, 7) is 5.95. The predicted octanol–water partition coefficient (Wildman–Crippen LogP) is 2.73. The van der Waals surface area contributed by atoms with Crippen LogP contribution in [0.4, 0.5) is 0 Å². The molecule has 1 amide bonds. The van der Waals surface area contributed by atoms with E-state index in [0.29, 0.717) is 18.8 Å². The zero-order valence-corrected chi connectivity index (χ0v) is 15.3. The van der Waals surface area contributed by atoms with Gasteiger partial charge in [0.15, 0.2) is 11.2 Å². The molecule has 0 N–H and O–H groups in total. The number of amides is 1. The number of rotatable bonds is 5. The van der Waals surface area contributed by atoms with E-state index in [-0.39, 0.29) is 17.1 Å². The lowest BCUT2D eigenvalue weighted by Crippen LogP contribution is -2.35. The highest BCUT2D eigenvalue weighted by Gasteiger charge is 2.22. The maximum Gasteiger partial charge on any atom is 0.289 e. The molecule has 2 heterocycles. The molecule has 1 aromatic carbocycles. The molecule has 1 aliphatic rings. The van der Waals surface area contributed by atoms with E-state index in [2.05, 4.69) is 29.2 Å². The zero-order valence-electron chi connectivity index (χ0n) is 15.3. The van der Waals surface area contributed by atoms with Crippen molar-refractivity contribution in [2.45, 2.75) is 26.2 Å². The Hall–Kier alpha value is -2.40. The molecule has 0 saturated carbocycles. The van der Waals surface area contributed by atoms with Gasteiger partial charge >= 0.3 is 0 Å². The SMILES string of the molecule is Cc1cc(=O)cc(C(=O)N2CCCN(CCCc3ccccc3)CC2)o1. The molecule has 138 valence electrons. The van der Waals surface area contributed by atoms with Gasteiger partial charge in [-0.2, -0.15) is 0 Å². The van der Waals surface area contributed by atoms with Gasteiger partial charge in [-0.1, -0.05) is 30.3 Å². The fourth-order valence-corrected chi connectivity index (χ4v) is 3.41. The summed E-state index contributed by atoms with van der Waals surface area (Å²) < 4.78 is 5.45. The number of nitrogens with zero attached hydrogens (tertiary/aromatic N) is 2. The first-order chi connectivity index (χ1) is 12.6. The highest BCUT2D eigenvalue weighted by atomic mass is 16.3. The quantitative estimate of drug-likeness (QED) is 0.828. The molecule has 0 radical (unpaired) electrons.